The Bertz CT molecular complexity index is 577. The lowest BCUT2D eigenvalue weighted by atomic mass is 10.2. The molecule has 2 unspecified atom stereocenters. The van der Waals surface area contributed by atoms with Crippen LogP contribution < -0.4 is 5.32 Å². The molecule has 118 valence electrons. The molecule has 1 aliphatic heterocycles. The summed E-state index contributed by atoms with van der Waals surface area (Å²) < 4.78 is 27.5. The van der Waals surface area contributed by atoms with E-state index in [1.165, 1.54) is 6.20 Å². The van der Waals surface area contributed by atoms with Crippen LogP contribution >= 0.6 is 11.8 Å². The maximum absolute atomic E-state index is 13.0. The highest BCUT2D eigenvalue weighted by Gasteiger charge is 2.36. The zero-order valence-corrected chi connectivity index (χ0v) is 14.4. The molecule has 1 aromatic rings. The summed E-state index contributed by atoms with van der Waals surface area (Å²) in [5, 5.41) is 3.49. The summed E-state index contributed by atoms with van der Waals surface area (Å²) in [7, 11) is -3.51. The summed E-state index contributed by atoms with van der Waals surface area (Å²) in [6, 6.07) is 1.72. The van der Waals surface area contributed by atoms with Gasteiger partial charge in [0.1, 0.15) is 4.90 Å². The van der Waals surface area contributed by atoms with Crippen LogP contribution in [0.1, 0.15) is 27.2 Å². The Kier molecular flexibility index (Phi) is 5.51. The first kappa shape index (κ1) is 16.6. The van der Waals surface area contributed by atoms with Crippen LogP contribution in [0.25, 0.3) is 0 Å². The van der Waals surface area contributed by atoms with Crippen LogP contribution in [0.5, 0.6) is 0 Å². The number of anilines is 1. The lowest BCUT2D eigenvalue weighted by molar-refractivity contribution is 0.340. The lowest BCUT2D eigenvalue weighted by Gasteiger charge is -2.36. The van der Waals surface area contributed by atoms with Crippen molar-refractivity contribution in [3.63, 3.8) is 0 Å². The minimum atomic E-state index is -3.51. The van der Waals surface area contributed by atoms with E-state index < -0.39 is 10.0 Å². The largest absolute Gasteiger partial charge is 0.384 e. The fourth-order valence-electron chi connectivity index (χ4n) is 2.36. The molecular formula is C14H23N3O2S2. The molecular weight excluding hydrogens is 306 g/mol. The molecule has 0 spiro atoms. The van der Waals surface area contributed by atoms with Crippen molar-refractivity contribution in [1.29, 1.82) is 0 Å². The van der Waals surface area contributed by atoms with Crippen molar-refractivity contribution in [2.45, 2.75) is 43.4 Å². The van der Waals surface area contributed by atoms with Crippen molar-refractivity contribution in [2.24, 2.45) is 0 Å². The molecule has 7 heteroatoms. The Morgan fingerprint density at radius 3 is 2.95 bits per heavy atom. The number of nitrogens with zero attached hydrogens (tertiary/aromatic N) is 2. The maximum Gasteiger partial charge on any atom is 0.246 e. The predicted molar refractivity (Wildman–Crippen MR) is 88.3 cm³/mol. The second-order valence-electron chi connectivity index (χ2n) is 5.23. The van der Waals surface area contributed by atoms with Gasteiger partial charge < -0.3 is 5.32 Å². The Morgan fingerprint density at radius 1 is 1.48 bits per heavy atom. The normalized spacial score (nSPS) is 24.0. The number of hydrogen-bond acceptors (Lipinski definition) is 5. The molecule has 0 amide bonds. The smallest absolute Gasteiger partial charge is 0.246 e. The van der Waals surface area contributed by atoms with E-state index in [0.717, 1.165) is 18.7 Å². The summed E-state index contributed by atoms with van der Waals surface area (Å²) in [4.78, 5) is 4.29. The molecule has 0 saturated carbocycles. The van der Waals surface area contributed by atoms with Crippen molar-refractivity contribution in [2.75, 3.05) is 24.2 Å². The standard InChI is InChI=1S/C14H23N3O2S2/c1-4-6-16-13-5-7-15-10-14(13)21(18,19)17-8-9-20-12(3)11(17)2/h5,7,10-12H,4,6,8-9H2,1-3H3,(H,15,16). The molecule has 2 rings (SSSR count). The van der Waals surface area contributed by atoms with Gasteiger partial charge in [0.15, 0.2) is 0 Å². The van der Waals surface area contributed by atoms with E-state index in [9.17, 15) is 8.42 Å². The first-order valence-electron chi connectivity index (χ1n) is 7.29. The highest BCUT2D eigenvalue weighted by Crippen LogP contribution is 2.31. The summed E-state index contributed by atoms with van der Waals surface area (Å²) in [5.74, 6) is 0.836. The van der Waals surface area contributed by atoms with Crippen LogP contribution in [0.3, 0.4) is 0 Å². The van der Waals surface area contributed by atoms with Gasteiger partial charge in [0.25, 0.3) is 0 Å². The van der Waals surface area contributed by atoms with E-state index in [1.807, 2.05) is 25.6 Å². The minimum Gasteiger partial charge on any atom is -0.384 e. The number of thioether (sulfide) groups is 1. The summed E-state index contributed by atoms with van der Waals surface area (Å²) in [6.07, 6.45) is 4.01. The summed E-state index contributed by atoms with van der Waals surface area (Å²) in [6.45, 7) is 7.41. The zero-order valence-electron chi connectivity index (χ0n) is 12.7. The van der Waals surface area contributed by atoms with Gasteiger partial charge in [0.05, 0.1) is 5.69 Å². The van der Waals surface area contributed by atoms with Crippen LogP contribution in [0.2, 0.25) is 0 Å². The molecule has 0 radical (unpaired) electrons. The van der Waals surface area contributed by atoms with Gasteiger partial charge in [-0.15, -0.1) is 0 Å². The monoisotopic (exact) mass is 329 g/mol. The first-order chi connectivity index (χ1) is 9.98. The maximum atomic E-state index is 13.0. The molecule has 2 atom stereocenters. The van der Waals surface area contributed by atoms with Crippen molar-refractivity contribution in [1.82, 2.24) is 9.29 Å². The van der Waals surface area contributed by atoms with Gasteiger partial charge in [0.2, 0.25) is 10.0 Å². The third-order valence-corrected chi connectivity index (χ3v) is 7.11. The van der Waals surface area contributed by atoms with Crippen molar-refractivity contribution in [3.05, 3.63) is 18.5 Å². The van der Waals surface area contributed by atoms with Gasteiger partial charge in [0, 0.05) is 42.5 Å². The number of pyridine rings is 1. The summed E-state index contributed by atoms with van der Waals surface area (Å²) >= 11 is 1.82. The molecule has 21 heavy (non-hydrogen) atoms. The molecule has 1 saturated heterocycles. The Morgan fingerprint density at radius 2 is 2.24 bits per heavy atom. The predicted octanol–water partition coefficient (Wildman–Crippen LogP) is 2.42. The van der Waals surface area contributed by atoms with Crippen molar-refractivity contribution < 1.29 is 8.42 Å². The fourth-order valence-corrected chi connectivity index (χ4v) is 5.47. The van der Waals surface area contributed by atoms with Gasteiger partial charge >= 0.3 is 0 Å². The third kappa shape index (κ3) is 3.52. The third-order valence-electron chi connectivity index (χ3n) is 3.76. The van der Waals surface area contributed by atoms with Gasteiger partial charge in [-0.3, -0.25) is 4.98 Å². The van der Waals surface area contributed by atoms with Crippen molar-refractivity contribution in [3.8, 4) is 0 Å². The Labute approximate surface area is 131 Å². The molecule has 1 aromatic heterocycles. The Hall–Kier alpha value is -0.790. The van der Waals surface area contributed by atoms with E-state index in [4.69, 9.17) is 0 Å². The number of nitrogens with one attached hydrogen (secondary N) is 1. The van der Waals surface area contributed by atoms with Crippen LogP contribution in [0.15, 0.2) is 23.4 Å². The zero-order chi connectivity index (χ0) is 15.5. The highest BCUT2D eigenvalue weighted by molar-refractivity contribution is 8.00. The molecule has 0 aromatic carbocycles. The molecule has 0 bridgehead atoms. The number of hydrogen-bond donors (Lipinski definition) is 1. The van der Waals surface area contributed by atoms with Gasteiger partial charge in [-0.05, 0) is 19.4 Å². The molecule has 0 aliphatic carbocycles. The van der Waals surface area contributed by atoms with E-state index in [2.05, 4.69) is 17.2 Å². The molecule has 1 N–H and O–H groups in total. The number of aromatic nitrogens is 1. The van der Waals surface area contributed by atoms with E-state index >= 15 is 0 Å². The topological polar surface area (TPSA) is 62.3 Å². The van der Waals surface area contributed by atoms with Crippen LogP contribution in [-0.4, -0.2) is 47.8 Å². The van der Waals surface area contributed by atoms with E-state index in [0.29, 0.717) is 17.5 Å². The van der Waals surface area contributed by atoms with Crippen LogP contribution in [0, 0.1) is 0 Å². The molecule has 1 aliphatic rings. The molecule has 2 heterocycles. The average Bonchev–Trinajstić information content (AvgIpc) is 2.48. The van der Waals surface area contributed by atoms with Crippen LogP contribution in [-0.2, 0) is 10.0 Å². The second kappa shape index (κ2) is 6.98. The van der Waals surface area contributed by atoms with E-state index in [-0.39, 0.29) is 10.9 Å². The van der Waals surface area contributed by atoms with E-state index in [1.54, 1.807) is 16.6 Å². The molecule has 1 fully saturated rings. The quantitative estimate of drug-likeness (QED) is 0.899. The average molecular weight is 329 g/mol. The summed E-state index contributed by atoms with van der Waals surface area (Å²) in [5.41, 5.74) is 0.643. The van der Waals surface area contributed by atoms with Crippen molar-refractivity contribution >= 4 is 27.5 Å². The fraction of sp³-hybridized carbons (Fsp3) is 0.643. The number of rotatable bonds is 5. The number of sulfonamides is 1. The first-order valence-corrected chi connectivity index (χ1v) is 9.78. The van der Waals surface area contributed by atoms with Gasteiger partial charge in [-0.1, -0.05) is 13.8 Å². The lowest BCUT2D eigenvalue weighted by Crippen LogP contribution is -2.47. The minimum absolute atomic E-state index is 0.00650. The molecule has 5 nitrogen and oxygen atoms in total. The van der Waals surface area contributed by atoms with Gasteiger partial charge in [-0.25, -0.2) is 8.42 Å². The van der Waals surface area contributed by atoms with Gasteiger partial charge in [-0.2, -0.15) is 16.1 Å². The highest BCUT2D eigenvalue weighted by atomic mass is 32.2. The second-order valence-corrected chi connectivity index (χ2v) is 8.58. The van der Waals surface area contributed by atoms with Crippen LogP contribution in [0.4, 0.5) is 5.69 Å². The Balaban J connectivity index is 2.35. The SMILES string of the molecule is CCCNc1ccncc1S(=O)(=O)N1CCSC(C)C1C.